The summed E-state index contributed by atoms with van der Waals surface area (Å²) in [4.78, 5) is 14.9. The maximum Gasteiger partial charge on any atom is 0.253 e. The zero-order chi connectivity index (χ0) is 20.1. The van der Waals surface area contributed by atoms with Crippen molar-refractivity contribution in [2.45, 2.75) is 26.2 Å². The molecular weight excluding hydrogens is 428 g/mol. The van der Waals surface area contributed by atoms with Gasteiger partial charge in [-0.3, -0.25) is 4.79 Å². The van der Waals surface area contributed by atoms with Gasteiger partial charge in [-0.2, -0.15) is 0 Å². The van der Waals surface area contributed by atoms with Crippen LogP contribution < -0.4 is 10.6 Å². The molecule has 1 aliphatic heterocycles. The number of benzene rings is 2. The molecule has 4 nitrogen and oxygen atoms in total. The van der Waals surface area contributed by atoms with Crippen LogP contribution in [0.4, 0.5) is 20.2 Å². The Hall–Kier alpha value is -1.99. The summed E-state index contributed by atoms with van der Waals surface area (Å²) < 4.78 is 29.2. The van der Waals surface area contributed by atoms with Crippen molar-refractivity contribution in [1.82, 2.24) is 10.2 Å². The van der Waals surface area contributed by atoms with Crippen LogP contribution in [0.25, 0.3) is 0 Å². The Morgan fingerprint density at radius 2 is 1.89 bits per heavy atom. The van der Waals surface area contributed by atoms with Crippen molar-refractivity contribution in [3.8, 4) is 0 Å². The van der Waals surface area contributed by atoms with Crippen LogP contribution in [0.1, 0.15) is 35.2 Å². The van der Waals surface area contributed by atoms with E-state index in [0.717, 1.165) is 35.7 Å². The van der Waals surface area contributed by atoms with Crippen molar-refractivity contribution in [2.24, 2.45) is 0 Å². The normalized spacial score (nSPS) is 14.7. The zero-order valence-corrected chi connectivity index (χ0v) is 17.4. The number of hydrogen-bond acceptors (Lipinski definition) is 3. The molecule has 150 valence electrons. The van der Waals surface area contributed by atoms with Gasteiger partial charge in [0, 0.05) is 23.2 Å². The Kier molecular flexibility index (Phi) is 7.02. The number of aryl methyl sites for hydroxylation is 1. The van der Waals surface area contributed by atoms with Crippen LogP contribution in [0, 0.1) is 18.6 Å². The average Bonchev–Trinajstić information content (AvgIpc) is 2.68. The molecule has 0 bridgehead atoms. The summed E-state index contributed by atoms with van der Waals surface area (Å²) >= 11 is 3.38. The van der Waals surface area contributed by atoms with Gasteiger partial charge in [0.2, 0.25) is 0 Å². The monoisotopic (exact) mass is 451 g/mol. The molecule has 0 saturated carbocycles. The molecule has 1 fully saturated rings. The minimum Gasteiger partial charge on any atom is -0.352 e. The van der Waals surface area contributed by atoms with E-state index in [2.05, 4.69) is 31.5 Å². The van der Waals surface area contributed by atoms with Crippen LogP contribution in [-0.2, 0) is 0 Å². The molecular formula is C21H24BrF2N3O. The fourth-order valence-corrected chi connectivity index (χ4v) is 3.85. The third kappa shape index (κ3) is 5.08. The minimum absolute atomic E-state index is 0.0832. The number of carbonyl (C=O) groups is 1. The van der Waals surface area contributed by atoms with E-state index in [1.165, 1.54) is 25.3 Å². The molecule has 0 spiro atoms. The average molecular weight is 452 g/mol. The first-order chi connectivity index (χ1) is 13.5. The second kappa shape index (κ2) is 9.47. The molecule has 1 amide bonds. The van der Waals surface area contributed by atoms with E-state index in [1.807, 2.05) is 13.0 Å². The van der Waals surface area contributed by atoms with Crippen molar-refractivity contribution >= 4 is 33.2 Å². The van der Waals surface area contributed by atoms with Gasteiger partial charge in [-0.25, -0.2) is 8.78 Å². The van der Waals surface area contributed by atoms with Crippen LogP contribution in [0.15, 0.2) is 34.8 Å². The number of halogens is 3. The number of rotatable bonds is 6. The van der Waals surface area contributed by atoms with E-state index < -0.39 is 17.5 Å². The summed E-state index contributed by atoms with van der Waals surface area (Å²) in [5.74, 6) is -2.48. The number of nitrogens with zero attached hydrogens (tertiary/aromatic N) is 1. The third-order valence-corrected chi connectivity index (χ3v) is 5.44. The van der Waals surface area contributed by atoms with Crippen molar-refractivity contribution in [1.29, 1.82) is 0 Å². The predicted octanol–water partition coefficient (Wildman–Crippen LogP) is 5.00. The Morgan fingerprint density at radius 1 is 1.14 bits per heavy atom. The summed E-state index contributed by atoms with van der Waals surface area (Å²) in [5.41, 5.74) is 1.38. The smallest absolute Gasteiger partial charge is 0.253 e. The molecule has 3 rings (SSSR count). The summed E-state index contributed by atoms with van der Waals surface area (Å²) in [7, 11) is 0. The summed E-state index contributed by atoms with van der Waals surface area (Å²) in [6.45, 7) is 5.15. The van der Waals surface area contributed by atoms with E-state index in [1.54, 1.807) is 12.1 Å². The molecule has 7 heteroatoms. The maximum absolute atomic E-state index is 14.5. The lowest BCUT2D eigenvalue weighted by Crippen LogP contribution is -2.37. The number of carbonyl (C=O) groups excluding carboxylic acids is 1. The van der Waals surface area contributed by atoms with E-state index in [-0.39, 0.29) is 11.3 Å². The van der Waals surface area contributed by atoms with Gasteiger partial charge in [-0.05, 0) is 68.8 Å². The topological polar surface area (TPSA) is 44.4 Å². The van der Waals surface area contributed by atoms with E-state index in [9.17, 15) is 13.6 Å². The van der Waals surface area contributed by atoms with Crippen LogP contribution in [-0.4, -0.2) is 37.0 Å². The van der Waals surface area contributed by atoms with Gasteiger partial charge >= 0.3 is 0 Å². The fourth-order valence-electron chi connectivity index (χ4n) is 3.37. The van der Waals surface area contributed by atoms with Crippen LogP contribution >= 0.6 is 15.9 Å². The number of anilines is 2. The molecule has 2 aromatic rings. The second-order valence-corrected chi connectivity index (χ2v) is 7.94. The largest absolute Gasteiger partial charge is 0.352 e. The highest BCUT2D eigenvalue weighted by Gasteiger charge is 2.20. The summed E-state index contributed by atoms with van der Waals surface area (Å²) in [5, 5.41) is 5.72. The molecule has 2 N–H and O–H groups in total. The molecule has 0 aromatic heterocycles. The van der Waals surface area contributed by atoms with Gasteiger partial charge in [0.05, 0.1) is 11.3 Å². The van der Waals surface area contributed by atoms with Crippen molar-refractivity contribution in [3.05, 3.63) is 57.6 Å². The number of hydrogen-bond donors (Lipinski definition) is 2. The Labute approximate surface area is 172 Å². The lowest BCUT2D eigenvalue weighted by atomic mass is 10.1. The van der Waals surface area contributed by atoms with Gasteiger partial charge in [0.1, 0.15) is 0 Å². The molecule has 1 heterocycles. The molecule has 0 aliphatic carbocycles. The minimum atomic E-state index is -1.06. The zero-order valence-electron chi connectivity index (χ0n) is 15.8. The van der Waals surface area contributed by atoms with Crippen LogP contribution in [0.2, 0.25) is 0 Å². The highest BCUT2D eigenvalue weighted by molar-refractivity contribution is 9.10. The standard InChI is InChI=1S/C21H24BrF2N3O/c1-14-13-15(22)5-8-18(14)26-20-16(6-7-17(23)19(20)24)21(28)25-9-12-27-10-3-2-4-11-27/h5-8,13,26H,2-4,9-12H2,1H3,(H,25,28). The van der Waals surface area contributed by atoms with Crippen molar-refractivity contribution < 1.29 is 13.6 Å². The third-order valence-electron chi connectivity index (χ3n) is 4.95. The van der Waals surface area contributed by atoms with E-state index >= 15 is 0 Å². The lowest BCUT2D eigenvalue weighted by molar-refractivity contribution is 0.0947. The lowest BCUT2D eigenvalue weighted by Gasteiger charge is -2.26. The molecule has 0 atom stereocenters. The predicted molar refractivity (Wildman–Crippen MR) is 111 cm³/mol. The number of amides is 1. The number of piperidine rings is 1. The molecule has 28 heavy (non-hydrogen) atoms. The summed E-state index contributed by atoms with van der Waals surface area (Å²) in [6.07, 6.45) is 3.61. The Balaban J connectivity index is 1.74. The SMILES string of the molecule is Cc1cc(Br)ccc1Nc1c(C(=O)NCCN2CCCCC2)ccc(F)c1F. The molecule has 0 radical (unpaired) electrons. The first-order valence-electron chi connectivity index (χ1n) is 9.47. The van der Waals surface area contributed by atoms with Gasteiger partial charge < -0.3 is 15.5 Å². The van der Waals surface area contributed by atoms with E-state index in [4.69, 9.17) is 0 Å². The quantitative estimate of drug-likeness (QED) is 0.649. The Bertz CT molecular complexity index is 854. The number of nitrogens with one attached hydrogen (secondary N) is 2. The molecule has 1 aliphatic rings. The van der Waals surface area contributed by atoms with Gasteiger partial charge in [0.25, 0.3) is 5.91 Å². The highest BCUT2D eigenvalue weighted by atomic mass is 79.9. The van der Waals surface area contributed by atoms with Crippen molar-refractivity contribution in [2.75, 3.05) is 31.5 Å². The van der Waals surface area contributed by atoms with Crippen LogP contribution in [0.3, 0.4) is 0 Å². The fraction of sp³-hybridized carbons (Fsp3) is 0.381. The number of likely N-dealkylation sites (tertiary alicyclic amines) is 1. The molecule has 2 aromatic carbocycles. The highest BCUT2D eigenvalue weighted by Crippen LogP contribution is 2.29. The second-order valence-electron chi connectivity index (χ2n) is 7.03. The molecule has 1 saturated heterocycles. The first kappa shape index (κ1) is 20.7. The van der Waals surface area contributed by atoms with E-state index in [0.29, 0.717) is 12.2 Å². The van der Waals surface area contributed by atoms with Crippen molar-refractivity contribution in [3.63, 3.8) is 0 Å². The first-order valence-corrected chi connectivity index (χ1v) is 10.3. The Morgan fingerprint density at radius 3 is 2.61 bits per heavy atom. The maximum atomic E-state index is 14.5. The van der Waals surface area contributed by atoms with Gasteiger partial charge in [0.15, 0.2) is 11.6 Å². The van der Waals surface area contributed by atoms with Gasteiger partial charge in [-0.1, -0.05) is 22.4 Å². The molecule has 0 unspecified atom stereocenters. The van der Waals surface area contributed by atoms with Gasteiger partial charge in [-0.15, -0.1) is 0 Å². The summed E-state index contributed by atoms with van der Waals surface area (Å²) in [6, 6.07) is 7.70. The van der Waals surface area contributed by atoms with Crippen LogP contribution in [0.5, 0.6) is 0 Å².